The summed E-state index contributed by atoms with van der Waals surface area (Å²) in [5.74, 6) is -0.462. The summed E-state index contributed by atoms with van der Waals surface area (Å²) in [4.78, 5) is 11.1. The van der Waals surface area contributed by atoms with Crippen molar-refractivity contribution in [2.75, 3.05) is 6.54 Å². The predicted octanol–water partition coefficient (Wildman–Crippen LogP) is 3.79. The van der Waals surface area contributed by atoms with Gasteiger partial charge >= 0.3 is 5.97 Å². The van der Waals surface area contributed by atoms with Gasteiger partial charge in [-0.15, -0.1) is 0 Å². The van der Waals surface area contributed by atoms with Crippen LogP contribution in [0.5, 0.6) is 0 Å². The van der Waals surface area contributed by atoms with E-state index in [0.29, 0.717) is 18.9 Å². The SMILES string of the molecule is CCCC[C@H](NCC(C)c1cccc(Br)c1)C(=O)O. The van der Waals surface area contributed by atoms with E-state index >= 15 is 0 Å². The summed E-state index contributed by atoms with van der Waals surface area (Å²) in [5.41, 5.74) is 1.21. The minimum absolute atomic E-state index is 0.293. The van der Waals surface area contributed by atoms with Crippen molar-refractivity contribution < 1.29 is 9.90 Å². The second-order valence-corrected chi connectivity index (χ2v) is 5.81. The van der Waals surface area contributed by atoms with Gasteiger partial charge in [-0.25, -0.2) is 0 Å². The van der Waals surface area contributed by atoms with E-state index < -0.39 is 12.0 Å². The molecule has 1 rings (SSSR count). The van der Waals surface area contributed by atoms with E-state index in [-0.39, 0.29) is 0 Å². The summed E-state index contributed by atoms with van der Waals surface area (Å²) >= 11 is 3.45. The van der Waals surface area contributed by atoms with Gasteiger partial charge in [0.1, 0.15) is 6.04 Å². The van der Waals surface area contributed by atoms with Crippen LogP contribution in [0.1, 0.15) is 44.6 Å². The lowest BCUT2D eigenvalue weighted by atomic mass is 10.0. The molecular formula is C15H22BrNO2. The van der Waals surface area contributed by atoms with E-state index in [1.165, 1.54) is 5.56 Å². The molecular weight excluding hydrogens is 306 g/mol. The van der Waals surface area contributed by atoms with Gasteiger partial charge in [0.25, 0.3) is 0 Å². The summed E-state index contributed by atoms with van der Waals surface area (Å²) in [6.07, 6.45) is 2.65. The Morgan fingerprint density at radius 2 is 2.21 bits per heavy atom. The summed E-state index contributed by atoms with van der Waals surface area (Å²) in [6.45, 7) is 4.85. The Morgan fingerprint density at radius 1 is 1.47 bits per heavy atom. The molecule has 19 heavy (non-hydrogen) atoms. The van der Waals surface area contributed by atoms with E-state index in [1.54, 1.807) is 0 Å². The van der Waals surface area contributed by atoms with Crippen molar-refractivity contribution in [1.29, 1.82) is 0 Å². The predicted molar refractivity (Wildman–Crippen MR) is 81.5 cm³/mol. The van der Waals surface area contributed by atoms with Crippen LogP contribution >= 0.6 is 15.9 Å². The van der Waals surface area contributed by atoms with Gasteiger partial charge in [-0.05, 0) is 30.0 Å². The second kappa shape index (κ2) is 8.33. The van der Waals surface area contributed by atoms with E-state index in [2.05, 4.69) is 47.2 Å². The Bertz CT molecular complexity index is 409. The fourth-order valence-electron chi connectivity index (χ4n) is 1.97. The standard InChI is InChI=1S/C15H22BrNO2/c1-3-4-8-14(15(18)19)17-10-11(2)12-6-5-7-13(16)9-12/h5-7,9,11,14,17H,3-4,8,10H2,1-2H3,(H,18,19)/t11?,14-/m0/s1. The molecule has 0 radical (unpaired) electrons. The highest BCUT2D eigenvalue weighted by molar-refractivity contribution is 9.10. The Labute approximate surface area is 123 Å². The molecule has 0 bridgehead atoms. The number of hydrogen-bond donors (Lipinski definition) is 2. The van der Waals surface area contributed by atoms with Gasteiger partial charge in [0.2, 0.25) is 0 Å². The molecule has 0 aliphatic rings. The first kappa shape index (κ1) is 16.2. The van der Waals surface area contributed by atoms with Crippen LogP contribution in [0.2, 0.25) is 0 Å². The molecule has 1 aromatic rings. The summed E-state index contributed by atoms with van der Waals surface area (Å²) in [7, 11) is 0. The van der Waals surface area contributed by atoms with E-state index in [4.69, 9.17) is 5.11 Å². The minimum Gasteiger partial charge on any atom is -0.480 e. The van der Waals surface area contributed by atoms with Crippen LogP contribution in [0.4, 0.5) is 0 Å². The lowest BCUT2D eigenvalue weighted by Gasteiger charge is -2.18. The summed E-state index contributed by atoms with van der Waals surface area (Å²) in [6, 6.07) is 7.70. The number of carbonyl (C=O) groups is 1. The zero-order valence-electron chi connectivity index (χ0n) is 11.5. The van der Waals surface area contributed by atoms with E-state index in [9.17, 15) is 4.79 Å². The maximum atomic E-state index is 11.1. The van der Waals surface area contributed by atoms with Gasteiger partial charge in [-0.2, -0.15) is 0 Å². The maximum Gasteiger partial charge on any atom is 0.320 e. The average molecular weight is 328 g/mol. The summed E-state index contributed by atoms with van der Waals surface area (Å²) < 4.78 is 1.05. The molecule has 2 atom stereocenters. The monoisotopic (exact) mass is 327 g/mol. The molecule has 4 heteroatoms. The smallest absolute Gasteiger partial charge is 0.320 e. The van der Waals surface area contributed by atoms with E-state index in [1.807, 2.05) is 12.1 Å². The summed E-state index contributed by atoms with van der Waals surface area (Å²) in [5, 5.41) is 12.3. The lowest BCUT2D eigenvalue weighted by Crippen LogP contribution is -2.38. The van der Waals surface area contributed by atoms with Crippen LogP contribution in [-0.4, -0.2) is 23.7 Å². The molecule has 2 N–H and O–H groups in total. The van der Waals surface area contributed by atoms with Gasteiger partial charge in [0, 0.05) is 11.0 Å². The van der Waals surface area contributed by atoms with Crippen molar-refractivity contribution in [2.24, 2.45) is 0 Å². The van der Waals surface area contributed by atoms with Gasteiger partial charge in [0.05, 0.1) is 0 Å². The third-order valence-corrected chi connectivity index (χ3v) is 3.73. The first-order chi connectivity index (χ1) is 9.04. The van der Waals surface area contributed by atoms with E-state index in [0.717, 1.165) is 17.3 Å². The number of unbranched alkanes of at least 4 members (excludes halogenated alkanes) is 1. The Hall–Kier alpha value is -0.870. The van der Waals surface area contributed by atoms with Crippen LogP contribution in [0.3, 0.4) is 0 Å². The quantitative estimate of drug-likeness (QED) is 0.763. The third kappa shape index (κ3) is 5.74. The average Bonchev–Trinajstić information content (AvgIpc) is 2.38. The fraction of sp³-hybridized carbons (Fsp3) is 0.533. The number of rotatable bonds is 8. The number of benzene rings is 1. The Morgan fingerprint density at radius 3 is 2.79 bits per heavy atom. The molecule has 0 fully saturated rings. The van der Waals surface area contributed by atoms with Crippen molar-refractivity contribution in [3.05, 3.63) is 34.3 Å². The molecule has 0 spiro atoms. The highest BCUT2D eigenvalue weighted by atomic mass is 79.9. The number of halogens is 1. The molecule has 0 aromatic heterocycles. The van der Waals surface area contributed by atoms with Crippen LogP contribution in [0.15, 0.2) is 28.7 Å². The second-order valence-electron chi connectivity index (χ2n) is 4.90. The zero-order chi connectivity index (χ0) is 14.3. The van der Waals surface area contributed by atoms with Crippen LogP contribution in [0, 0.1) is 0 Å². The van der Waals surface area contributed by atoms with Crippen molar-refractivity contribution in [1.82, 2.24) is 5.32 Å². The molecule has 0 aliphatic carbocycles. The van der Waals surface area contributed by atoms with Crippen molar-refractivity contribution in [3.63, 3.8) is 0 Å². The molecule has 106 valence electrons. The van der Waals surface area contributed by atoms with Crippen molar-refractivity contribution >= 4 is 21.9 Å². The van der Waals surface area contributed by atoms with Crippen molar-refractivity contribution in [3.8, 4) is 0 Å². The molecule has 0 heterocycles. The molecule has 0 aliphatic heterocycles. The highest BCUT2D eigenvalue weighted by Gasteiger charge is 2.17. The van der Waals surface area contributed by atoms with Gasteiger partial charge in [0.15, 0.2) is 0 Å². The first-order valence-electron chi connectivity index (χ1n) is 6.76. The van der Waals surface area contributed by atoms with Crippen LogP contribution < -0.4 is 5.32 Å². The largest absolute Gasteiger partial charge is 0.480 e. The molecule has 0 saturated heterocycles. The normalized spacial score (nSPS) is 14.1. The van der Waals surface area contributed by atoms with Crippen LogP contribution in [0.25, 0.3) is 0 Å². The zero-order valence-corrected chi connectivity index (χ0v) is 13.1. The number of aliphatic carboxylic acids is 1. The Balaban J connectivity index is 2.51. The molecule has 3 nitrogen and oxygen atoms in total. The maximum absolute atomic E-state index is 11.1. The van der Waals surface area contributed by atoms with Crippen molar-refractivity contribution in [2.45, 2.75) is 45.1 Å². The molecule has 0 saturated carbocycles. The minimum atomic E-state index is -0.755. The first-order valence-corrected chi connectivity index (χ1v) is 7.55. The third-order valence-electron chi connectivity index (χ3n) is 3.23. The molecule has 0 amide bonds. The molecule has 1 unspecified atom stereocenters. The lowest BCUT2D eigenvalue weighted by molar-refractivity contribution is -0.139. The topological polar surface area (TPSA) is 49.3 Å². The highest BCUT2D eigenvalue weighted by Crippen LogP contribution is 2.19. The van der Waals surface area contributed by atoms with Gasteiger partial charge in [-0.1, -0.05) is 54.8 Å². The number of carboxylic acid groups (broad SMARTS) is 1. The fourth-order valence-corrected chi connectivity index (χ4v) is 2.39. The number of nitrogens with one attached hydrogen (secondary N) is 1. The molecule has 1 aromatic carbocycles. The number of hydrogen-bond acceptors (Lipinski definition) is 2. The Kier molecular flexibility index (Phi) is 7.10. The van der Waals surface area contributed by atoms with Crippen LogP contribution in [-0.2, 0) is 4.79 Å². The number of carboxylic acids is 1. The van der Waals surface area contributed by atoms with Gasteiger partial charge < -0.3 is 10.4 Å². The van der Waals surface area contributed by atoms with Gasteiger partial charge in [-0.3, -0.25) is 4.79 Å².